The van der Waals surface area contributed by atoms with E-state index >= 15 is 0 Å². The van der Waals surface area contributed by atoms with Crippen molar-refractivity contribution in [2.45, 2.75) is 26.7 Å². The molecule has 0 fully saturated rings. The molecule has 0 aliphatic carbocycles. The molecule has 1 heterocycles. The number of aromatic nitrogens is 1. The summed E-state index contributed by atoms with van der Waals surface area (Å²) in [5.41, 5.74) is 0.396. The van der Waals surface area contributed by atoms with Crippen LogP contribution in [0, 0.1) is 6.92 Å². The van der Waals surface area contributed by atoms with Gasteiger partial charge in [0.1, 0.15) is 5.69 Å². The van der Waals surface area contributed by atoms with Gasteiger partial charge in [-0.3, -0.25) is 9.78 Å². The van der Waals surface area contributed by atoms with E-state index < -0.39 is 18.1 Å². The molecule has 0 aromatic carbocycles. The first-order chi connectivity index (χ1) is 7.95. The largest absolute Gasteiger partial charge is 0.466 e. The molecule has 1 aromatic heterocycles. The van der Waals surface area contributed by atoms with Crippen LogP contribution < -0.4 is 0 Å². The number of pyridine rings is 1. The van der Waals surface area contributed by atoms with Gasteiger partial charge in [0, 0.05) is 5.69 Å². The minimum Gasteiger partial charge on any atom is -0.466 e. The van der Waals surface area contributed by atoms with E-state index in [9.17, 15) is 13.6 Å². The minimum atomic E-state index is -2.72. The molecule has 0 amide bonds. The first-order valence-electron chi connectivity index (χ1n) is 5.05. The highest BCUT2D eigenvalue weighted by Gasteiger charge is 2.17. The van der Waals surface area contributed by atoms with E-state index in [1.807, 2.05) is 0 Å². The van der Waals surface area contributed by atoms with Crippen molar-refractivity contribution in [2.24, 2.45) is 0 Å². The molecular formula is C11H12ClF2NO2. The smallest absolute Gasteiger partial charge is 0.310 e. The van der Waals surface area contributed by atoms with Crippen LogP contribution in [-0.4, -0.2) is 17.6 Å². The molecule has 1 aromatic rings. The quantitative estimate of drug-likeness (QED) is 0.784. The van der Waals surface area contributed by atoms with Gasteiger partial charge in [-0.1, -0.05) is 11.6 Å². The fraction of sp³-hybridized carbons (Fsp3) is 0.455. The summed E-state index contributed by atoms with van der Waals surface area (Å²) >= 11 is 5.66. The highest BCUT2D eigenvalue weighted by molar-refractivity contribution is 6.31. The van der Waals surface area contributed by atoms with Gasteiger partial charge >= 0.3 is 5.97 Å². The van der Waals surface area contributed by atoms with Crippen LogP contribution >= 0.6 is 11.6 Å². The Balaban J connectivity index is 2.95. The molecule has 0 aliphatic rings. The van der Waals surface area contributed by atoms with Crippen molar-refractivity contribution in [1.29, 1.82) is 0 Å². The van der Waals surface area contributed by atoms with Gasteiger partial charge in [0.2, 0.25) is 0 Å². The molecule has 0 spiro atoms. The Labute approximate surface area is 103 Å². The van der Waals surface area contributed by atoms with Crippen LogP contribution in [0.4, 0.5) is 8.78 Å². The third-order valence-corrected chi connectivity index (χ3v) is 2.45. The molecule has 0 unspecified atom stereocenters. The first kappa shape index (κ1) is 13.8. The summed E-state index contributed by atoms with van der Waals surface area (Å²) in [6.45, 7) is 3.51. The van der Waals surface area contributed by atoms with Crippen molar-refractivity contribution in [3.63, 3.8) is 0 Å². The highest BCUT2D eigenvalue weighted by Crippen LogP contribution is 2.27. The Morgan fingerprint density at radius 3 is 2.76 bits per heavy atom. The van der Waals surface area contributed by atoms with Crippen LogP contribution in [0.15, 0.2) is 6.07 Å². The Morgan fingerprint density at radius 2 is 2.24 bits per heavy atom. The van der Waals surface area contributed by atoms with Gasteiger partial charge in [0.05, 0.1) is 18.1 Å². The van der Waals surface area contributed by atoms with Crippen molar-refractivity contribution < 1.29 is 18.3 Å². The van der Waals surface area contributed by atoms with E-state index in [0.717, 1.165) is 0 Å². The van der Waals surface area contributed by atoms with Crippen molar-refractivity contribution >= 4 is 17.6 Å². The van der Waals surface area contributed by atoms with E-state index in [2.05, 4.69) is 4.98 Å². The number of alkyl halides is 2. The van der Waals surface area contributed by atoms with Gasteiger partial charge in [0.25, 0.3) is 6.43 Å². The number of ether oxygens (including phenoxy) is 1. The van der Waals surface area contributed by atoms with E-state index in [0.29, 0.717) is 11.3 Å². The van der Waals surface area contributed by atoms with Crippen molar-refractivity contribution in [1.82, 2.24) is 4.98 Å². The van der Waals surface area contributed by atoms with E-state index in [1.54, 1.807) is 13.8 Å². The molecule has 0 atom stereocenters. The maximum absolute atomic E-state index is 12.5. The fourth-order valence-electron chi connectivity index (χ4n) is 1.34. The monoisotopic (exact) mass is 263 g/mol. The third-order valence-electron chi connectivity index (χ3n) is 2.15. The Kier molecular flexibility index (Phi) is 4.81. The third kappa shape index (κ3) is 3.63. The molecule has 3 nitrogen and oxygen atoms in total. The number of carbonyl (C=O) groups excluding carboxylic acids is 1. The molecule has 0 saturated carbocycles. The van der Waals surface area contributed by atoms with Crippen molar-refractivity contribution in [2.75, 3.05) is 6.61 Å². The molecule has 0 radical (unpaired) electrons. The van der Waals surface area contributed by atoms with Gasteiger partial charge in [-0.05, 0) is 25.5 Å². The lowest BCUT2D eigenvalue weighted by Gasteiger charge is -2.09. The number of rotatable bonds is 4. The van der Waals surface area contributed by atoms with Crippen LogP contribution in [0.25, 0.3) is 0 Å². The molecule has 0 N–H and O–H groups in total. The summed E-state index contributed by atoms with van der Waals surface area (Å²) in [5, 5.41) is -0.134. The lowest BCUT2D eigenvalue weighted by Crippen LogP contribution is -2.10. The number of hydrogen-bond acceptors (Lipinski definition) is 3. The SMILES string of the molecule is CCOC(=O)Cc1cc(Cl)c(C(F)F)nc1C. The maximum atomic E-state index is 12.5. The van der Waals surface area contributed by atoms with Crippen molar-refractivity contribution in [3.8, 4) is 0 Å². The lowest BCUT2D eigenvalue weighted by molar-refractivity contribution is -0.142. The van der Waals surface area contributed by atoms with E-state index in [-0.39, 0.29) is 18.1 Å². The van der Waals surface area contributed by atoms with Crippen molar-refractivity contribution in [3.05, 3.63) is 28.0 Å². The second-order valence-corrected chi connectivity index (χ2v) is 3.79. The molecular weight excluding hydrogens is 252 g/mol. The average molecular weight is 264 g/mol. The Bertz CT molecular complexity index is 424. The lowest BCUT2D eigenvalue weighted by atomic mass is 10.1. The molecule has 94 valence electrons. The summed E-state index contributed by atoms with van der Waals surface area (Å²) in [6.07, 6.45) is -2.74. The van der Waals surface area contributed by atoms with Gasteiger partial charge in [0.15, 0.2) is 0 Å². The van der Waals surface area contributed by atoms with Crippen LogP contribution in [-0.2, 0) is 16.0 Å². The standard InChI is InChI=1S/C11H12ClF2NO2/c1-3-17-9(16)5-7-4-8(12)10(11(13)14)15-6(7)2/h4,11H,3,5H2,1-2H3. The number of carbonyl (C=O) groups is 1. The Hall–Kier alpha value is -1.23. The number of halogens is 3. The molecule has 0 bridgehead atoms. The summed E-state index contributed by atoms with van der Waals surface area (Å²) in [6, 6.07) is 1.34. The minimum absolute atomic E-state index is 0.0179. The Morgan fingerprint density at radius 1 is 1.59 bits per heavy atom. The summed E-state index contributed by atoms with van der Waals surface area (Å²) < 4.78 is 29.7. The normalized spacial score (nSPS) is 10.7. The number of hydrogen-bond donors (Lipinski definition) is 0. The number of aryl methyl sites for hydroxylation is 1. The predicted octanol–water partition coefficient (Wildman–Crippen LogP) is 3.09. The second-order valence-electron chi connectivity index (χ2n) is 3.38. The van der Waals surface area contributed by atoms with Crippen LogP contribution in [0.2, 0.25) is 5.02 Å². The van der Waals surface area contributed by atoms with Gasteiger partial charge in [-0.15, -0.1) is 0 Å². The summed E-state index contributed by atoms with van der Waals surface area (Å²) in [7, 11) is 0. The zero-order valence-corrected chi connectivity index (χ0v) is 10.2. The maximum Gasteiger partial charge on any atom is 0.310 e. The first-order valence-corrected chi connectivity index (χ1v) is 5.43. The molecule has 6 heteroatoms. The summed E-state index contributed by atoms with van der Waals surface area (Å²) in [5.74, 6) is -0.432. The zero-order chi connectivity index (χ0) is 13.0. The summed E-state index contributed by atoms with van der Waals surface area (Å²) in [4.78, 5) is 14.9. The molecule has 17 heavy (non-hydrogen) atoms. The highest BCUT2D eigenvalue weighted by atomic mass is 35.5. The molecule has 1 rings (SSSR count). The van der Waals surface area contributed by atoms with Crippen LogP contribution in [0.5, 0.6) is 0 Å². The zero-order valence-electron chi connectivity index (χ0n) is 9.47. The number of esters is 1. The van der Waals surface area contributed by atoms with Gasteiger partial charge in [-0.2, -0.15) is 0 Å². The fourth-order valence-corrected chi connectivity index (χ4v) is 1.59. The molecule has 0 saturated heterocycles. The topological polar surface area (TPSA) is 39.2 Å². The van der Waals surface area contributed by atoms with Crippen LogP contribution in [0.3, 0.4) is 0 Å². The van der Waals surface area contributed by atoms with Gasteiger partial charge < -0.3 is 4.74 Å². The molecule has 0 aliphatic heterocycles. The second kappa shape index (κ2) is 5.91. The number of nitrogens with zero attached hydrogens (tertiary/aromatic N) is 1. The predicted molar refractivity (Wildman–Crippen MR) is 59.3 cm³/mol. The van der Waals surface area contributed by atoms with Gasteiger partial charge in [-0.25, -0.2) is 8.78 Å². The van der Waals surface area contributed by atoms with Crippen LogP contribution in [0.1, 0.15) is 30.3 Å². The van der Waals surface area contributed by atoms with E-state index in [4.69, 9.17) is 16.3 Å². The average Bonchev–Trinajstić information content (AvgIpc) is 2.22. The van der Waals surface area contributed by atoms with E-state index in [1.165, 1.54) is 6.07 Å².